The molecule has 0 aromatic heterocycles. The highest BCUT2D eigenvalue weighted by molar-refractivity contribution is 7.89. The van der Waals surface area contributed by atoms with Gasteiger partial charge in [0.25, 0.3) is 0 Å². The van der Waals surface area contributed by atoms with Crippen molar-refractivity contribution < 1.29 is 31.4 Å². The van der Waals surface area contributed by atoms with Crippen molar-refractivity contribution in [2.45, 2.75) is 48.7 Å². The first kappa shape index (κ1) is 26.5. The second-order valence-electron chi connectivity index (χ2n) is 8.60. The van der Waals surface area contributed by atoms with Crippen LogP contribution in [0.3, 0.4) is 0 Å². The molecule has 1 fully saturated rings. The highest BCUT2D eigenvalue weighted by atomic mass is 32.2. The average molecular weight is 532 g/mol. The van der Waals surface area contributed by atoms with E-state index in [1.54, 1.807) is 24.3 Å². The van der Waals surface area contributed by atoms with E-state index in [4.69, 9.17) is 5.26 Å². The third-order valence-electron chi connectivity index (χ3n) is 6.14. The summed E-state index contributed by atoms with van der Waals surface area (Å²) >= 11 is 0. The van der Waals surface area contributed by atoms with Crippen LogP contribution in [-0.2, 0) is 10.0 Å². The topological polar surface area (TPSA) is 103 Å². The van der Waals surface area contributed by atoms with E-state index in [2.05, 4.69) is 15.5 Å². The highest BCUT2D eigenvalue weighted by Crippen LogP contribution is 2.35. The number of sulfonamides is 1. The number of ether oxygens (including phenoxy) is 1. The minimum Gasteiger partial charge on any atom is -0.406 e. The number of nitrogens with zero attached hydrogens (tertiary/aromatic N) is 2. The standard InChI is InChI=1S/C26H24F3N3O4S/c27-26(28,29)36-21-13-15-22(16-14-21)37(34,35)31-23-7-4-8-24(25(23)33)32(19-5-2-1-3-6-19)20-11-9-18(17-30)10-12-20/h1-3,5-6,9-16,23-25,31,33H,4,7-8H2/t23-,24+,25+/m0/s1. The number of aliphatic hydroxyl groups excluding tert-OH is 1. The molecule has 11 heteroatoms. The van der Waals surface area contributed by atoms with E-state index >= 15 is 0 Å². The summed E-state index contributed by atoms with van der Waals surface area (Å²) in [4.78, 5) is 1.68. The number of alkyl halides is 3. The molecule has 3 aromatic carbocycles. The Morgan fingerprint density at radius 2 is 1.57 bits per heavy atom. The molecule has 0 bridgehead atoms. The first-order valence-corrected chi connectivity index (χ1v) is 13.0. The average Bonchev–Trinajstić information content (AvgIpc) is 2.87. The van der Waals surface area contributed by atoms with Gasteiger partial charge in [-0.2, -0.15) is 5.26 Å². The van der Waals surface area contributed by atoms with Gasteiger partial charge in [-0.1, -0.05) is 18.2 Å². The maximum absolute atomic E-state index is 13.0. The van der Waals surface area contributed by atoms with E-state index in [-0.39, 0.29) is 4.90 Å². The second kappa shape index (κ2) is 10.8. The molecular weight excluding hydrogens is 507 g/mol. The number of aliphatic hydroxyl groups is 1. The molecule has 0 aliphatic heterocycles. The largest absolute Gasteiger partial charge is 0.573 e. The number of nitrogens with one attached hydrogen (secondary N) is 1. The van der Waals surface area contributed by atoms with Crippen LogP contribution in [0.2, 0.25) is 0 Å². The van der Waals surface area contributed by atoms with Crippen LogP contribution in [-0.4, -0.2) is 38.1 Å². The number of hydrogen-bond acceptors (Lipinski definition) is 6. The fraction of sp³-hybridized carbons (Fsp3) is 0.269. The van der Waals surface area contributed by atoms with Gasteiger partial charge in [-0.05, 0) is 79.9 Å². The maximum atomic E-state index is 13.0. The van der Waals surface area contributed by atoms with Crippen LogP contribution < -0.4 is 14.4 Å². The zero-order valence-electron chi connectivity index (χ0n) is 19.5. The Bertz CT molecular complexity index is 1340. The summed E-state index contributed by atoms with van der Waals surface area (Å²) in [6.45, 7) is 0. The Morgan fingerprint density at radius 3 is 2.16 bits per heavy atom. The van der Waals surface area contributed by atoms with Gasteiger partial charge >= 0.3 is 6.36 Å². The van der Waals surface area contributed by atoms with Crippen LogP contribution >= 0.6 is 0 Å². The molecule has 0 heterocycles. The summed E-state index contributed by atoms with van der Waals surface area (Å²) in [5.41, 5.74) is 2.01. The summed E-state index contributed by atoms with van der Waals surface area (Å²) in [6.07, 6.45) is -4.42. The lowest BCUT2D eigenvalue weighted by molar-refractivity contribution is -0.274. The van der Waals surface area contributed by atoms with Crippen LogP contribution in [0.15, 0.2) is 83.8 Å². The smallest absolute Gasteiger partial charge is 0.406 e. The lowest BCUT2D eigenvalue weighted by atomic mass is 9.87. The lowest BCUT2D eigenvalue weighted by Gasteiger charge is -2.42. The van der Waals surface area contributed by atoms with Gasteiger partial charge in [-0.15, -0.1) is 13.2 Å². The van der Waals surface area contributed by atoms with Gasteiger partial charge in [0.2, 0.25) is 10.0 Å². The summed E-state index contributed by atoms with van der Waals surface area (Å²) in [7, 11) is -4.14. The van der Waals surface area contributed by atoms with E-state index in [9.17, 15) is 26.7 Å². The summed E-state index contributed by atoms with van der Waals surface area (Å²) in [5.74, 6) is -0.537. The summed E-state index contributed by atoms with van der Waals surface area (Å²) in [6, 6.07) is 20.9. The number of rotatable bonds is 7. The molecule has 2 N–H and O–H groups in total. The van der Waals surface area contributed by atoms with Gasteiger partial charge < -0.3 is 14.7 Å². The van der Waals surface area contributed by atoms with Crippen molar-refractivity contribution in [1.82, 2.24) is 4.72 Å². The molecular formula is C26H24F3N3O4S. The predicted octanol–water partition coefficient (Wildman–Crippen LogP) is 4.86. The molecule has 0 spiro atoms. The SMILES string of the molecule is N#Cc1ccc(N(c2ccccc2)[C@@H]2CCC[C@H](NS(=O)(=O)c3ccc(OC(F)(F)F)cc3)[C@H]2O)cc1. The Balaban J connectivity index is 1.57. The van der Waals surface area contributed by atoms with Gasteiger partial charge in [0, 0.05) is 11.4 Å². The molecule has 0 amide bonds. The van der Waals surface area contributed by atoms with Gasteiger partial charge in [0.05, 0.1) is 34.7 Å². The molecule has 0 radical (unpaired) electrons. The molecule has 194 valence electrons. The van der Waals surface area contributed by atoms with Crippen molar-refractivity contribution in [3.63, 3.8) is 0 Å². The number of benzene rings is 3. The van der Waals surface area contributed by atoms with Crippen molar-refractivity contribution in [3.05, 3.63) is 84.4 Å². The van der Waals surface area contributed by atoms with E-state index in [0.29, 0.717) is 24.8 Å². The van der Waals surface area contributed by atoms with Crippen molar-refractivity contribution in [2.75, 3.05) is 4.90 Å². The molecule has 7 nitrogen and oxygen atoms in total. The maximum Gasteiger partial charge on any atom is 0.573 e. The van der Waals surface area contributed by atoms with Gasteiger partial charge in [-0.25, -0.2) is 13.1 Å². The molecule has 4 rings (SSSR count). The fourth-order valence-electron chi connectivity index (χ4n) is 4.47. The molecule has 1 saturated carbocycles. The van der Waals surface area contributed by atoms with E-state index in [0.717, 1.165) is 35.6 Å². The van der Waals surface area contributed by atoms with Crippen LogP contribution in [0.1, 0.15) is 24.8 Å². The highest BCUT2D eigenvalue weighted by Gasteiger charge is 2.38. The number of halogens is 3. The van der Waals surface area contributed by atoms with E-state index < -0.39 is 40.3 Å². The molecule has 37 heavy (non-hydrogen) atoms. The van der Waals surface area contributed by atoms with Crippen molar-refractivity contribution in [3.8, 4) is 11.8 Å². The Morgan fingerprint density at radius 1 is 0.946 bits per heavy atom. The lowest BCUT2D eigenvalue weighted by Crippen LogP contribution is -2.55. The second-order valence-corrected chi connectivity index (χ2v) is 10.3. The van der Waals surface area contributed by atoms with E-state index in [1.165, 1.54) is 0 Å². The molecule has 1 aliphatic rings. The van der Waals surface area contributed by atoms with Crippen LogP contribution in [0.4, 0.5) is 24.5 Å². The zero-order valence-corrected chi connectivity index (χ0v) is 20.3. The van der Waals surface area contributed by atoms with Crippen molar-refractivity contribution in [2.24, 2.45) is 0 Å². The quantitative estimate of drug-likeness (QED) is 0.452. The van der Waals surface area contributed by atoms with E-state index in [1.807, 2.05) is 35.2 Å². The van der Waals surface area contributed by atoms with Crippen LogP contribution in [0.5, 0.6) is 5.75 Å². The number of nitriles is 1. The predicted molar refractivity (Wildman–Crippen MR) is 131 cm³/mol. The minimum atomic E-state index is -4.89. The molecule has 3 aromatic rings. The first-order chi connectivity index (χ1) is 17.6. The van der Waals surface area contributed by atoms with Crippen molar-refractivity contribution >= 4 is 21.4 Å². The molecule has 0 unspecified atom stereocenters. The van der Waals surface area contributed by atoms with Crippen molar-refractivity contribution in [1.29, 1.82) is 5.26 Å². The van der Waals surface area contributed by atoms with Crippen LogP contribution in [0, 0.1) is 11.3 Å². The minimum absolute atomic E-state index is 0.247. The first-order valence-electron chi connectivity index (χ1n) is 11.5. The monoisotopic (exact) mass is 531 g/mol. The molecule has 1 aliphatic carbocycles. The number of para-hydroxylation sites is 1. The fourth-order valence-corrected chi connectivity index (χ4v) is 5.76. The molecule has 3 atom stereocenters. The Hall–Kier alpha value is -3.59. The third kappa shape index (κ3) is 6.40. The summed E-state index contributed by atoms with van der Waals surface area (Å²) < 4.78 is 69.6. The zero-order chi connectivity index (χ0) is 26.6. The normalized spacial score (nSPS) is 20.1. The number of hydrogen-bond donors (Lipinski definition) is 2. The molecule has 0 saturated heterocycles. The van der Waals surface area contributed by atoms with Gasteiger partial charge in [-0.3, -0.25) is 0 Å². The van der Waals surface area contributed by atoms with Crippen LogP contribution in [0.25, 0.3) is 0 Å². The van der Waals surface area contributed by atoms with Gasteiger partial charge in [0.15, 0.2) is 0 Å². The van der Waals surface area contributed by atoms with Gasteiger partial charge in [0.1, 0.15) is 5.75 Å². The number of anilines is 2. The Kier molecular flexibility index (Phi) is 7.73. The summed E-state index contributed by atoms with van der Waals surface area (Å²) in [5, 5.41) is 20.5. The Labute approximate surface area is 212 Å². The third-order valence-corrected chi connectivity index (χ3v) is 7.64.